The SMILES string of the molecule is CCC(CC)(CC)OC(=O)C(Cl)(Cl)C(=O)O. The van der Waals surface area contributed by atoms with Gasteiger partial charge in [-0.2, -0.15) is 0 Å². The lowest BCUT2D eigenvalue weighted by Gasteiger charge is -2.31. The van der Waals surface area contributed by atoms with E-state index in [2.05, 4.69) is 0 Å². The zero-order chi connectivity index (χ0) is 13.0. The molecule has 0 aliphatic heterocycles. The van der Waals surface area contributed by atoms with Gasteiger partial charge in [-0.15, -0.1) is 0 Å². The van der Waals surface area contributed by atoms with Crippen LogP contribution in [-0.4, -0.2) is 27.0 Å². The molecule has 0 unspecified atom stereocenters. The van der Waals surface area contributed by atoms with E-state index in [-0.39, 0.29) is 0 Å². The molecule has 0 fully saturated rings. The molecule has 0 amide bonds. The van der Waals surface area contributed by atoms with E-state index in [1.54, 1.807) is 0 Å². The summed E-state index contributed by atoms with van der Waals surface area (Å²) in [6.45, 7) is 5.56. The van der Waals surface area contributed by atoms with Gasteiger partial charge in [0.2, 0.25) is 0 Å². The van der Waals surface area contributed by atoms with Gasteiger partial charge in [-0.25, -0.2) is 9.59 Å². The fraction of sp³-hybridized carbons (Fsp3) is 0.800. The minimum atomic E-state index is -2.54. The van der Waals surface area contributed by atoms with Gasteiger partial charge in [0.05, 0.1) is 0 Å². The molecule has 6 heteroatoms. The highest BCUT2D eigenvalue weighted by Gasteiger charge is 2.47. The molecule has 0 aromatic heterocycles. The van der Waals surface area contributed by atoms with Gasteiger partial charge < -0.3 is 9.84 Å². The van der Waals surface area contributed by atoms with Gasteiger partial charge in [0, 0.05) is 0 Å². The Morgan fingerprint density at radius 2 is 1.50 bits per heavy atom. The topological polar surface area (TPSA) is 63.6 Å². The summed E-state index contributed by atoms with van der Waals surface area (Å²) in [5, 5.41) is 8.66. The van der Waals surface area contributed by atoms with E-state index < -0.39 is 21.9 Å². The Morgan fingerprint density at radius 1 is 1.12 bits per heavy atom. The number of carboxylic acid groups (broad SMARTS) is 1. The monoisotopic (exact) mass is 270 g/mol. The molecule has 0 aliphatic rings. The molecule has 0 spiro atoms. The van der Waals surface area contributed by atoms with Gasteiger partial charge in [0.25, 0.3) is 0 Å². The van der Waals surface area contributed by atoms with Crippen LogP contribution in [0.4, 0.5) is 0 Å². The minimum Gasteiger partial charge on any atom is -0.479 e. The van der Waals surface area contributed by atoms with Gasteiger partial charge in [-0.3, -0.25) is 0 Å². The molecule has 0 saturated carbocycles. The molecule has 0 bridgehead atoms. The lowest BCUT2D eigenvalue weighted by Crippen LogP contribution is -2.43. The number of ether oxygens (including phenoxy) is 1. The summed E-state index contributed by atoms with van der Waals surface area (Å²) in [4.78, 5) is 22.2. The van der Waals surface area contributed by atoms with Crippen LogP contribution in [0.5, 0.6) is 0 Å². The van der Waals surface area contributed by atoms with Gasteiger partial charge in [-0.05, 0) is 19.3 Å². The molecular weight excluding hydrogens is 255 g/mol. The molecule has 0 radical (unpaired) electrons. The van der Waals surface area contributed by atoms with Gasteiger partial charge in [-0.1, -0.05) is 44.0 Å². The van der Waals surface area contributed by atoms with Crippen molar-refractivity contribution >= 4 is 35.1 Å². The lowest BCUT2D eigenvalue weighted by atomic mass is 9.94. The highest BCUT2D eigenvalue weighted by molar-refractivity contribution is 6.66. The molecule has 0 aromatic carbocycles. The number of alkyl halides is 2. The van der Waals surface area contributed by atoms with E-state index in [1.807, 2.05) is 20.8 Å². The van der Waals surface area contributed by atoms with Gasteiger partial charge in [0.1, 0.15) is 5.60 Å². The predicted molar refractivity (Wildman–Crippen MR) is 61.8 cm³/mol. The zero-order valence-corrected chi connectivity index (χ0v) is 11.1. The molecule has 0 atom stereocenters. The maximum atomic E-state index is 11.5. The van der Waals surface area contributed by atoms with Crippen molar-refractivity contribution in [2.45, 2.75) is 50.0 Å². The number of hydrogen-bond donors (Lipinski definition) is 1. The highest BCUT2D eigenvalue weighted by Crippen LogP contribution is 2.30. The fourth-order valence-corrected chi connectivity index (χ4v) is 1.39. The third-order valence-corrected chi connectivity index (χ3v) is 3.40. The van der Waals surface area contributed by atoms with E-state index in [4.69, 9.17) is 33.0 Å². The average Bonchev–Trinajstić information content (AvgIpc) is 2.25. The first kappa shape index (κ1) is 15.5. The van der Waals surface area contributed by atoms with Crippen LogP contribution >= 0.6 is 23.2 Å². The maximum absolute atomic E-state index is 11.5. The molecule has 1 N–H and O–H groups in total. The minimum absolute atomic E-state index is 0.579. The molecule has 16 heavy (non-hydrogen) atoms. The second-order valence-electron chi connectivity index (χ2n) is 3.51. The third-order valence-electron chi connectivity index (χ3n) is 2.77. The molecule has 94 valence electrons. The van der Waals surface area contributed by atoms with E-state index in [9.17, 15) is 9.59 Å². The quantitative estimate of drug-likeness (QED) is 0.458. The van der Waals surface area contributed by atoms with Crippen molar-refractivity contribution in [2.24, 2.45) is 0 Å². The zero-order valence-electron chi connectivity index (χ0n) is 9.55. The van der Waals surface area contributed by atoms with Crippen molar-refractivity contribution in [2.75, 3.05) is 0 Å². The Kier molecular flexibility index (Phi) is 5.56. The molecule has 0 rings (SSSR count). The van der Waals surface area contributed by atoms with Crippen LogP contribution in [0.25, 0.3) is 0 Å². The van der Waals surface area contributed by atoms with Crippen LogP contribution in [0.15, 0.2) is 0 Å². The Hall–Kier alpha value is -0.480. The van der Waals surface area contributed by atoms with Gasteiger partial charge >= 0.3 is 16.3 Å². The van der Waals surface area contributed by atoms with Crippen LogP contribution in [-0.2, 0) is 14.3 Å². The highest BCUT2D eigenvalue weighted by atomic mass is 35.5. The first-order chi connectivity index (χ1) is 7.25. The third kappa shape index (κ3) is 3.25. The van der Waals surface area contributed by atoms with Crippen LogP contribution in [0, 0.1) is 0 Å². The van der Waals surface area contributed by atoms with E-state index in [0.29, 0.717) is 19.3 Å². The summed E-state index contributed by atoms with van der Waals surface area (Å²) in [5.41, 5.74) is -0.693. The van der Waals surface area contributed by atoms with Crippen LogP contribution in [0.3, 0.4) is 0 Å². The summed E-state index contributed by atoms with van der Waals surface area (Å²) in [7, 11) is 0. The van der Waals surface area contributed by atoms with E-state index >= 15 is 0 Å². The second kappa shape index (κ2) is 5.73. The van der Waals surface area contributed by atoms with E-state index in [0.717, 1.165) is 0 Å². The Balaban J connectivity index is 4.84. The number of aliphatic carboxylic acids is 1. The molecule has 0 aromatic rings. The number of rotatable bonds is 6. The number of carbonyl (C=O) groups is 2. The Bertz CT molecular complexity index is 264. The Morgan fingerprint density at radius 3 is 1.75 bits per heavy atom. The number of halogens is 2. The summed E-state index contributed by atoms with van der Waals surface area (Å²) in [6.07, 6.45) is 1.74. The molecular formula is C10H16Cl2O4. The van der Waals surface area contributed by atoms with Gasteiger partial charge in [0.15, 0.2) is 0 Å². The molecule has 0 heterocycles. The molecule has 0 aliphatic carbocycles. The smallest absolute Gasteiger partial charge is 0.355 e. The predicted octanol–water partition coefficient (Wildman–Crippen LogP) is 2.76. The summed E-state index contributed by atoms with van der Waals surface area (Å²) in [5.74, 6) is -2.76. The average molecular weight is 271 g/mol. The summed E-state index contributed by atoms with van der Waals surface area (Å²) < 4.78 is 2.59. The number of carboxylic acids is 1. The van der Waals surface area contributed by atoms with Crippen molar-refractivity contribution in [1.82, 2.24) is 0 Å². The second-order valence-corrected chi connectivity index (χ2v) is 4.84. The van der Waals surface area contributed by atoms with E-state index in [1.165, 1.54) is 0 Å². The Labute approximate surface area is 105 Å². The van der Waals surface area contributed by atoms with Crippen molar-refractivity contribution in [3.8, 4) is 0 Å². The van der Waals surface area contributed by atoms with Crippen molar-refractivity contribution in [1.29, 1.82) is 0 Å². The number of esters is 1. The van der Waals surface area contributed by atoms with Crippen LogP contribution in [0.2, 0.25) is 0 Å². The summed E-state index contributed by atoms with van der Waals surface area (Å²) in [6, 6.07) is 0. The largest absolute Gasteiger partial charge is 0.479 e. The van der Waals surface area contributed by atoms with Crippen molar-refractivity contribution < 1.29 is 19.4 Å². The lowest BCUT2D eigenvalue weighted by molar-refractivity contribution is -0.166. The first-order valence-corrected chi connectivity index (χ1v) is 5.86. The van der Waals surface area contributed by atoms with Crippen LogP contribution in [0.1, 0.15) is 40.0 Å². The standard InChI is InChI=1S/C10H16Cl2O4/c1-4-9(5-2,6-3)16-8(15)10(11,12)7(13)14/h4-6H2,1-3H3,(H,13,14). The van der Waals surface area contributed by atoms with Crippen LogP contribution < -0.4 is 0 Å². The normalized spacial score (nSPS) is 12.3. The summed E-state index contributed by atoms with van der Waals surface area (Å²) >= 11 is 10.8. The molecule has 0 saturated heterocycles. The van der Waals surface area contributed by atoms with Crippen molar-refractivity contribution in [3.05, 3.63) is 0 Å². The first-order valence-electron chi connectivity index (χ1n) is 5.10. The maximum Gasteiger partial charge on any atom is 0.355 e. The van der Waals surface area contributed by atoms with Crippen molar-refractivity contribution in [3.63, 3.8) is 0 Å². The number of carbonyl (C=O) groups excluding carboxylic acids is 1. The fourth-order valence-electron chi connectivity index (χ4n) is 1.31. The number of hydrogen-bond acceptors (Lipinski definition) is 3. The molecule has 4 nitrogen and oxygen atoms in total.